The second-order valence-electron chi connectivity index (χ2n) is 3.14. The molecule has 0 bridgehead atoms. The summed E-state index contributed by atoms with van der Waals surface area (Å²) in [5, 5.41) is 44.7. The second-order valence-corrected chi connectivity index (χ2v) is 6.61. The smallest absolute Gasteiger partial charge is 0.221 e. The average Bonchev–Trinajstić information content (AvgIpc) is 2.13. The molecule has 0 aromatic carbocycles. The van der Waals surface area contributed by atoms with Gasteiger partial charge in [0.15, 0.2) is 14.4 Å². The molecule has 0 saturated carbocycles. The summed E-state index contributed by atoms with van der Waals surface area (Å²) in [6.45, 7) is -0.817. The molecule has 90 valence electrons. The third-order valence-corrected chi connectivity index (χ3v) is 5.70. The summed E-state index contributed by atoms with van der Waals surface area (Å²) < 4.78 is 0.440. The van der Waals surface area contributed by atoms with Gasteiger partial charge in [-0.1, -0.05) is 11.6 Å². The normalized spacial score (nSPS) is 56.8. The molecule has 1 heterocycles. The molecule has 0 spiro atoms. The van der Waals surface area contributed by atoms with Crippen molar-refractivity contribution in [2.75, 3.05) is 6.61 Å². The Morgan fingerprint density at radius 1 is 1.40 bits per heavy atom. The van der Waals surface area contributed by atoms with E-state index in [1.54, 1.807) is 0 Å². The highest BCUT2D eigenvalue weighted by Gasteiger charge is 2.69. The molecule has 1 saturated heterocycles. The molecule has 15 heavy (non-hydrogen) atoms. The Hall–Kier alpha value is 1.26. The van der Waals surface area contributed by atoms with Gasteiger partial charge in [-0.2, -0.15) is 0 Å². The summed E-state index contributed by atoms with van der Waals surface area (Å²) in [6, 6.07) is 0. The van der Waals surface area contributed by atoms with E-state index in [0.717, 1.165) is 0 Å². The first-order valence-electron chi connectivity index (χ1n) is 3.76. The third-order valence-electron chi connectivity index (χ3n) is 2.13. The van der Waals surface area contributed by atoms with Crippen LogP contribution in [0.2, 0.25) is 0 Å². The van der Waals surface area contributed by atoms with Crippen molar-refractivity contribution in [3.63, 3.8) is 0 Å². The van der Waals surface area contributed by atoms with Crippen LogP contribution in [0.15, 0.2) is 0 Å². The van der Waals surface area contributed by atoms with Gasteiger partial charge in [0.05, 0.1) is 6.61 Å². The highest BCUT2D eigenvalue weighted by atomic mass is 127. The van der Waals surface area contributed by atoms with E-state index in [2.05, 4.69) is 15.9 Å². The number of aliphatic hydroxyl groups is 5. The summed E-state index contributed by atoms with van der Waals surface area (Å²) in [7, 11) is 0. The molecule has 0 aromatic heterocycles. The number of halogens is 3. The predicted molar refractivity (Wildman–Crippen MR) is 61.6 cm³/mol. The van der Waals surface area contributed by atoms with E-state index in [1.165, 1.54) is 22.6 Å². The van der Waals surface area contributed by atoms with Gasteiger partial charge >= 0.3 is 0 Å². The monoisotopic (exact) mass is 418 g/mol. The molecule has 0 unspecified atom stereocenters. The van der Waals surface area contributed by atoms with E-state index in [-0.39, 0.29) is 0 Å². The SMILES string of the molecule is OC[C@@]1(Br)O[C@@H](O)[C@H](O)[C@](O)(I)[C@]1(O)Cl. The zero-order valence-corrected chi connectivity index (χ0v) is 11.6. The quantitative estimate of drug-likeness (QED) is 0.271. The lowest BCUT2D eigenvalue weighted by molar-refractivity contribution is -0.313. The molecule has 6 nitrogen and oxygen atoms in total. The molecule has 5 N–H and O–H groups in total. The van der Waals surface area contributed by atoms with E-state index >= 15 is 0 Å². The minimum absolute atomic E-state index is 0.817. The summed E-state index contributed by atoms with van der Waals surface area (Å²) >= 11 is 9.66. The van der Waals surface area contributed by atoms with Gasteiger partial charge in [0.1, 0.15) is 6.10 Å². The summed E-state index contributed by atoms with van der Waals surface area (Å²) in [4.78, 5) is 0. The summed E-state index contributed by atoms with van der Waals surface area (Å²) in [6.07, 6.45) is -3.62. The van der Waals surface area contributed by atoms with Crippen molar-refractivity contribution in [3.8, 4) is 0 Å². The summed E-state index contributed by atoms with van der Waals surface area (Å²) in [5.74, 6) is 0. The van der Waals surface area contributed by atoms with Gasteiger partial charge in [0, 0.05) is 0 Å². The van der Waals surface area contributed by atoms with Crippen LogP contribution in [0.4, 0.5) is 0 Å². The molecular weight excluding hydrogens is 410 g/mol. The lowest BCUT2D eigenvalue weighted by Gasteiger charge is -2.52. The Kier molecular flexibility index (Phi) is 3.99. The largest absolute Gasteiger partial charge is 0.392 e. The molecule has 0 amide bonds. The number of aliphatic hydroxyl groups excluding tert-OH is 3. The van der Waals surface area contributed by atoms with E-state index in [4.69, 9.17) is 21.4 Å². The number of hydrogen-bond acceptors (Lipinski definition) is 6. The first kappa shape index (κ1) is 14.3. The van der Waals surface area contributed by atoms with Crippen molar-refractivity contribution in [3.05, 3.63) is 0 Å². The van der Waals surface area contributed by atoms with E-state index in [1.807, 2.05) is 0 Å². The fourth-order valence-corrected chi connectivity index (χ4v) is 2.95. The fraction of sp³-hybridized carbons (Fsp3) is 1.00. The van der Waals surface area contributed by atoms with Crippen LogP contribution in [0, 0.1) is 0 Å². The maximum Gasteiger partial charge on any atom is 0.221 e. The van der Waals surface area contributed by atoms with Crippen LogP contribution in [0.5, 0.6) is 0 Å². The summed E-state index contributed by atoms with van der Waals surface area (Å²) in [5.41, 5.74) is 0. The lowest BCUT2D eigenvalue weighted by Crippen LogP contribution is -2.73. The Labute approximate surface area is 112 Å². The second kappa shape index (κ2) is 4.18. The van der Waals surface area contributed by atoms with Crippen molar-refractivity contribution in [2.24, 2.45) is 0 Å². The minimum Gasteiger partial charge on any atom is -0.392 e. The molecule has 1 aliphatic heterocycles. The van der Waals surface area contributed by atoms with Crippen LogP contribution in [0.3, 0.4) is 0 Å². The Morgan fingerprint density at radius 2 is 1.87 bits per heavy atom. The van der Waals surface area contributed by atoms with Crippen LogP contribution < -0.4 is 0 Å². The Bertz CT molecular complexity index is 257. The van der Waals surface area contributed by atoms with Crippen molar-refractivity contribution in [2.45, 2.75) is 25.6 Å². The van der Waals surface area contributed by atoms with Crippen LogP contribution in [0.25, 0.3) is 0 Å². The van der Waals surface area contributed by atoms with Crippen LogP contribution in [-0.4, -0.2) is 57.7 Å². The van der Waals surface area contributed by atoms with Gasteiger partial charge in [-0.05, 0) is 38.5 Å². The molecule has 1 fully saturated rings. The zero-order chi connectivity index (χ0) is 12.1. The topological polar surface area (TPSA) is 110 Å². The standard InChI is InChI=1S/C6H9BrClIO6/c7-4(1-10)6(8,14)5(9,13)2(11)3(12)15-4/h2-3,10-14H,1H2/t2-,3+,4+,5+,6-/m0/s1. The van der Waals surface area contributed by atoms with Crippen LogP contribution in [-0.2, 0) is 4.74 Å². The van der Waals surface area contributed by atoms with Crippen molar-refractivity contribution in [1.29, 1.82) is 0 Å². The number of rotatable bonds is 1. The third kappa shape index (κ3) is 1.93. The molecular formula is C6H9BrClIO6. The molecule has 1 rings (SSSR count). The average molecular weight is 419 g/mol. The van der Waals surface area contributed by atoms with Crippen molar-refractivity contribution >= 4 is 50.1 Å². The molecule has 5 atom stereocenters. The van der Waals surface area contributed by atoms with Gasteiger partial charge in [0.2, 0.25) is 5.06 Å². The minimum atomic E-state index is -2.52. The zero-order valence-electron chi connectivity index (χ0n) is 7.14. The number of ether oxygens (including phenoxy) is 1. The fourth-order valence-electron chi connectivity index (χ4n) is 1.12. The molecule has 1 aliphatic rings. The van der Waals surface area contributed by atoms with Gasteiger partial charge in [-0.15, -0.1) is 0 Å². The van der Waals surface area contributed by atoms with Gasteiger partial charge in [-0.25, -0.2) is 0 Å². The number of hydrogen-bond donors (Lipinski definition) is 5. The van der Waals surface area contributed by atoms with E-state index < -0.39 is 32.2 Å². The first-order chi connectivity index (χ1) is 6.60. The molecule has 0 aromatic rings. The lowest BCUT2D eigenvalue weighted by atomic mass is 9.98. The van der Waals surface area contributed by atoms with Gasteiger partial charge in [-0.3, -0.25) is 0 Å². The highest BCUT2D eigenvalue weighted by molar-refractivity contribution is 14.1. The van der Waals surface area contributed by atoms with Gasteiger partial charge < -0.3 is 30.3 Å². The van der Waals surface area contributed by atoms with Crippen molar-refractivity contribution in [1.82, 2.24) is 0 Å². The van der Waals surface area contributed by atoms with E-state index in [0.29, 0.717) is 0 Å². The molecule has 0 aliphatic carbocycles. The van der Waals surface area contributed by atoms with Crippen LogP contribution >= 0.6 is 50.1 Å². The highest BCUT2D eigenvalue weighted by Crippen LogP contribution is 2.52. The predicted octanol–water partition coefficient (Wildman–Crippen LogP) is -1.17. The molecule has 0 radical (unpaired) electrons. The van der Waals surface area contributed by atoms with Crippen LogP contribution in [0.1, 0.15) is 0 Å². The maximum absolute atomic E-state index is 9.81. The molecule has 9 heteroatoms. The Balaban J connectivity index is 3.19. The first-order valence-corrected chi connectivity index (χ1v) is 6.01. The van der Waals surface area contributed by atoms with Gasteiger partial charge in [0.25, 0.3) is 0 Å². The van der Waals surface area contributed by atoms with E-state index in [9.17, 15) is 20.4 Å². The Morgan fingerprint density at radius 3 is 2.27 bits per heavy atom. The van der Waals surface area contributed by atoms with Crippen molar-refractivity contribution < 1.29 is 30.3 Å². The number of alkyl halides is 3. The maximum atomic E-state index is 9.81.